The highest BCUT2D eigenvalue weighted by Gasteiger charge is 2.34. The molecule has 2 aromatic carbocycles. The molecule has 1 amide bonds. The van der Waals surface area contributed by atoms with Gasteiger partial charge in [0.05, 0.1) is 22.8 Å². The largest absolute Gasteiger partial charge is 0.417 e. The molecule has 0 aliphatic carbocycles. The van der Waals surface area contributed by atoms with E-state index in [1.165, 1.54) is 18.2 Å². The lowest BCUT2D eigenvalue weighted by molar-refractivity contribution is -0.137. The number of nitrogens with one attached hydrogen (secondary N) is 2. The number of aromatic nitrogens is 3. The standard InChI is InChI=1S/C18H9ClF4N4OS/c19-8-4-5-9(11(6-8)18(21,22)23)15-25-12-3-1-2-10(14(12)26-15)16(28)27-17-24-7-13(20)29-17/h1-7H,(H,25,26)(H,24,27,28). The molecule has 0 saturated carbocycles. The predicted octanol–water partition coefficient (Wildman–Crippen LogP) is 5.75. The van der Waals surface area contributed by atoms with Crippen LogP contribution in [-0.2, 0) is 6.18 Å². The topological polar surface area (TPSA) is 70.7 Å². The number of alkyl halides is 3. The van der Waals surface area contributed by atoms with Crippen molar-refractivity contribution in [2.75, 3.05) is 5.32 Å². The number of rotatable bonds is 3. The fraction of sp³-hybridized carbons (Fsp3) is 0.0556. The number of imidazole rings is 1. The first-order valence-corrected chi connectivity index (χ1v) is 9.20. The fourth-order valence-electron chi connectivity index (χ4n) is 2.78. The van der Waals surface area contributed by atoms with Crippen molar-refractivity contribution in [1.29, 1.82) is 0 Å². The Kier molecular flexibility index (Phi) is 4.75. The van der Waals surface area contributed by atoms with Crippen LogP contribution in [0.15, 0.2) is 42.6 Å². The molecular weight excluding hydrogens is 432 g/mol. The summed E-state index contributed by atoms with van der Waals surface area (Å²) in [5.41, 5.74) is -0.524. The van der Waals surface area contributed by atoms with Gasteiger partial charge in [-0.2, -0.15) is 17.6 Å². The van der Waals surface area contributed by atoms with E-state index < -0.39 is 22.8 Å². The number of anilines is 1. The van der Waals surface area contributed by atoms with Crippen molar-refractivity contribution in [3.63, 3.8) is 0 Å². The smallest absolute Gasteiger partial charge is 0.338 e. The molecule has 0 aliphatic rings. The average molecular weight is 441 g/mol. The highest BCUT2D eigenvalue weighted by molar-refractivity contribution is 7.14. The molecule has 4 aromatic rings. The number of halogens is 5. The third kappa shape index (κ3) is 3.81. The molecule has 0 atom stereocenters. The average Bonchev–Trinajstić information content (AvgIpc) is 3.26. The normalized spacial score (nSPS) is 11.8. The van der Waals surface area contributed by atoms with Gasteiger partial charge in [-0.15, -0.1) is 0 Å². The number of fused-ring (bicyclic) bond motifs is 1. The van der Waals surface area contributed by atoms with E-state index in [1.807, 2.05) is 0 Å². The number of thiazole rings is 1. The van der Waals surface area contributed by atoms with Gasteiger partial charge in [0.25, 0.3) is 5.91 Å². The van der Waals surface area contributed by atoms with E-state index in [-0.39, 0.29) is 32.6 Å². The Hall–Kier alpha value is -2.98. The van der Waals surface area contributed by atoms with Gasteiger partial charge in [-0.3, -0.25) is 10.1 Å². The lowest BCUT2D eigenvalue weighted by atomic mass is 10.1. The van der Waals surface area contributed by atoms with Crippen molar-refractivity contribution in [2.24, 2.45) is 0 Å². The molecule has 0 saturated heterocycles. The molecule has 0 bridgehead atoms. The van der Waals surface area contributed by atoms with Gasteiger partial charge in [0, 0.05) is 10.6 Å². The van der Waals surface area contributed by atoms with Crippen LogP contribution in [0.3, 0.4) is 0 Å². The van der Waals surface area contributed by atoms with Crippen LogP contribution in [0.5, 0.6) is 0 Å². The van der Waals surface area contributed by atoms with E-state index >= 15 is 0 Å². The number of carbonyl (C=O) groups excluding carboxylic acids is 1. The molecule has 2 aromatic heterocycles. The molecule has 148 valence electrons. The Morgan fingerprint density at radius 3 is 2.69 bits per heavy atom. The molecule has 4 rings (SSSR count). The van der Waals surface area contributed by atoms with Crippen LogP contribution in [0.25, 0.3) is 22.4 Å². The third-order valence-corrected chi connectivity index (χ3v) is 4.93. The first-order chi connectivity index (χ1) is 13.7. The Labute approximate surface area is 169 Å². The number of amides is 1. The summed E-state index contributed by atoms with van der Waals surface area (Å²) in [4.78, 5) is 23.2. The number of aromatic amines is 1. The number of carbonyl (C=O) groups is 1. The number of hydrogen-bond donors (Lipinski definition) is 2. The van der Waals surface area contributed by atoms with E-state index in [0.29, 0.717) is 16.9 Å². The van der Waals surface area contributed by atoms with Gasteiger partial charge in [-0.05, 0) is 30.3 Å². The van der Waals surface area contributed by atoms with Gasteiger partial charge in [-0.1, -0.05) is 29.0 Å². The molecule has 0 aliphatic heterocycles. The molecule has 0 fully saturated rings. The zero-order valence-corrected chi connectivity index (χ0v) is 15.7. The Morgan fingerprint density at radius 1 is 1.21 bits per heavy atom. The van der Waals surface area contributed by atoms with E-state index in [1.54, 1.807) is 12.1 Å². The first-order valence-electron chi connectivity index (χ1n) is 8.01. The number of hydrogen-bond acceptors (Lipinski definition) is 4. The van der Waals surface area contributed by atoms with Gasteiger partial charge in [0.2, 0.25) is 0 Å². The lowest BCUT2D eigenvalue weighted by Crippen LogP contribution is -2.12. The zero-order chi connectivity index (χ0) is 20.8. The van der Waals surface area contributed by atoms with Crippen molar-refractivity contribution in [3.8, 4) is 11.4 Å². The van der Waals surface area contributed by atoms with Crippen molar-refractivity contribution >= 4 is 45.0 Å². The lowest BCUT2D eigenvalue weighted by Gasteiger charge is -2.11. The Balaban J connectivity index is 1.79. The quantitative estimate of drug-likeness (QED) is 0.398. The number of H-pyrrole nitrogens is 1. The molecular formula is C18H9ClF4N4OS. The van der Waals surface area contributed by atoms with E-state index in [4.69, 9.17) is 11.6 Å². The Morgan fingerprint density at radius 2 is 2.00 bits per heavy atom. The van der Waals surface area contributed by atoms with Crippen molar-refractivity contribution in [3.05, 3.63) is 63.9 Å². The van der Waals surface area contributed by atoms with Gasteiger partial charge in [-0.25, -0.2) is 9.97 Å². The summed E-state index contributed by atoms with van der Waals surface area (Å²) in [6.45, 7) is 0. The number of nitrogens with zero attached hydrogens (tertiary/aromatic N) is 2. The van der Waals surface area contributed by atoms with Crippen LogP contribution in [0.4, 0.5) is 22.7 Å². The van der Waals surface area contributed by atoms with Gasteiger partial charge in [0.15, 0.2) is 10.3 Å². The summed E-state index contributed by atoms with van der Waals surface area (Å²) >= 11 is 6.37. The summed E-state index contributed by atoms with van der Waals surface area (Å²) in [6, 6.07) is 7.93. The second-order valence-electron chi connectivity index (χ2n) is 5.90. The Bertz CT molecular complexity index is 1230. The van der Waals surface area contributed by atoms with Crippen LogP contribution >= 0.6 is 22.9 Å². The van der Waals surface area contributed by atoms with Gasteiger partial charge in [0.1, 0.15) is 11.3 Å². The maximum atomic E-state index is 13.4. The molecule has 5 nitrogen and oxygen atoms in total. The highest BCUT2D eigenvalue weighted by atomic mass is 35.5. The summed E-state index contributed by atoms with van der Waals surface area (Å²) in [6.07, 6.45) is -3.68. The maximum absolute atomic E-state index is 13.4. The molecule has 0 radical (unpaired) electrons. The minimum Gasteiger partial charge on any atom is -0.338 e. The molecule has 2 heterocycles. The van der Waals surface area contributed by atoms with Crippen LogP contribution in [0, 0.1) is 5.13 Å². The summed E-state index contributed by atoms with van der Waals surface area (Å²) in [7, 11) is 0. The van der Waals surface area contributed by atoms with E-state index in [2.05, 4.69) is 20.3 Å². The minimum atomic E-state index is -4.64. The predicted molar refractivity (Wildman–Crippen MR) is 102 cm³/mol. The summed E-state index contributed by atoms with van der Waals surface area (Å²) in [5, 5.41) is 1.86. The fourth-order valence-corrected chi connectivity index (χ4v) is 3.49. The van der Waals surface area contributed by atoms with Crippen LogP contribution < -0.4 is 5.32 Å². The number of benzene rings is 2. The molecule has 2 N–H and O–H groups in total. The van der Waals surface area contributed by atoms with Crippen LogP contribution in [-0.4, -0.2) is 20.9 Å². The highest BCUT2D eigenvalue weighted by Crippen LogP contribution is 2.38. The first kappa shape index (κ1) is 19.3. The zero-order valence-electron chi connectivity index (χ0n) is 14.1. The van der Waals surface area contributed by atoms with Gasteiger partial charge >= 0.3 is 6.18 Å². The molecule has 0 unspecified atom stereocenters. The van der Waals surface area contributed by atoms with Crippen molar-refractivity contribution in [2.45, 2.75) is 6.18 Å². The van der Waals surface area contributed by atoms with E-state index in [9.17, 15) is 22.4 Å². The third-order valence-electron chi connectivity index (χ3n) is 4.00. The monoisotopic (exact) mass is 440 g/mol. The molecule has 11 heteroatoms. The summed E-state index contributed by atoms with van der Waals surface area (Å²) in [5.74, 6) is -0.681. The summed E-state index contributed by atoms with van der Waals surface area (Å²) < 4.78 is 53.3. The maximum Gasteiger partial charge on any atom is 0.417 e. The second-order valence-corrected chi connectivity index (χ2v) is 7.32. The molecule has 0 spiro atoms. The SMILES string of the molecule is O=C(Nc1ncc(F)s1)c1cccc2[nH]c(-c3ccc(Cl)cc3C(F)(F)F)nc12. The van der Waals surface area contributed by atoms with Crippen molar-refractivity contribution in [1.82, 2.24) is 15.0 Å². The number of para-hydroxylation sites is 1. The van der Waals surface area contributed by atoms with E-state index in [0.717, 1.165) is 12.3 Å². The van der Waals surface area contributed by atoms with Crippen molar-refractivity contribution < 1.29 is 22.4 Å². The van der Waals surface area contributed by atoms with Gasteiger partial charge < -0.3 is 4.98 Å². The second kappa shape index (κ2) is 7.12. The minimum absolute atomic E-state index is 0.0531. The van der Waals surface area contributed by atoms with Crippen LogP contribution in [0.2, 0.25) is 5.02 Å². The molecule has 29 heavy (non-hydrogen) atoms. The van der Waals surface area contributed by atoms with Crippen LogP contribution in [0.1, 0.15) is 15.9 Å².